The van der Waals surface area contributed by atoms with Crippen LogP contribution in [0.25, 0.3) is 54.6 Å². The number of hydrogen-bond acceptors (Lipinski definition) is 3. The minimum Gasteiger partial charge on any atom is -0.496 e. The predicted octanol–water partition coefficient (Wildman–Crippen LogP) is 11.1. The second-order valence-electron chi connectivity index (χ2n) is 10.1. The van der Waals surface area contributed by atoms with E-state index in [2.05, 4.69) is 127 Å². The van der Waals surface area contributed by atoms with E-state index in [0.29, 0.717) is 0 Å². The molecule has 0 unspecified atom stereocenters. The van der Waals surface area contributed by atoms with Gasteiger partial charge in [-0.25, -0.2) is 0 Å². The third-order valence-electron chi connectivity index (χ3n) is 7.83. The first kappa shape index (κ1) is 23.7. The first-order valence-electron chi connectivity index (χ1n) is 13.4. The average Bonchev–Trinajstić information content (AvgIpc) is 3.03. The Balaban J connectivity index is 1.27. The molecule has 8 rings (SSSR count). The molecule has 1 aliphatic rings. The SMILES string of the molecule is COc1cc(-c2ccc3c4ccccc4c4ccccc4c3c2)ccc1-c1cccc2c1Sc1ccccc1S2. The topological polar surface area (TPSA) is 9.23 Å². The Kier molecular flexibility index (Phi) is 5.61. The van der Waals surface area contributed by atoms with Crippen LogP contribution in [-0.2, 0) is 0 Å². The fourth-order valence-electron chi connectivity index (χ4n) is 5.94. The fraction of sp³-hybridized carbons (Fsp3) is 0.0270. The van der Waals surface area contributed by atoms with E-state index in [9.17, 15) is 0 Å². The molecule has 1 nitrogen and oxygen atoms in total. The summed E-state index contributed by atoms with van der Waals surface area (Å²) in [6.45, 7) is 0. The summed E-state index contributed by atoms with van der Waals surface area (Å²) >= 11 is 3.70. The highest BCUT2D eigenvalue weighted by molar-refractivity contribution is 8.05. The van der Waals surface area contributed by atoms with Crippen molar-refractivity contribution in [2.45, 2.75) is 19.6 Å². The van der Waals surface area contributed by atoms with Gasteiger partial charge < -0.3 is 4.74 Å². The van der Waals surface area contributed by atoms with E-state index >= 15 is 0 Å². The third kappa shape index (κ3) is 3.73. The molecule has 0 atom stereocenters. The molecule has 0 N–H and O–H groups in total. The van der Waals surface area contributed by atoms with E-state index in [0.717, 1.165) is 16.9 Å². The van der Waals surface area contributed by atoms with Gasteiger partial charge in [-0.15, -0.1) is 0 Å². The molecule has 0 saturated carbocycles. The van der Waals surface area contributed by atoms with Crippen LogP contribution in [0, 0.1) is 0 Å². The molecule has 3 heteroatoms. The molecule has 190 valence electrons. The lowest BCUT2D eigenvalue weighted by Gasteiger charge is -2.22. The molecule has 0 aliphatic carbocycles. The summed E-state index contributed by atoms with van der Waals surface area (Å²) in [5.74, 6) is 0.888. The predicted molar refractivity (Wildman–Crippen MR) is 171 cm³/mol. The summed E-state index contributed by atoms with van der Waals surface area (Å²) in [5, 5.41) is 7.73. The van der Waals surface area contributed by atoms with Crippen LogP contribution in [0.1, 0.15) is 0 Å². The summed E-state index contributed by atoms with van der Waals surface area (Å²) < 4.78 is 6.02. The zero-order chi connectivity index (χ0) is 26.6. The van der Waals surface area contributed by atoms with E-state index < -0.39 is 0 Å². The molecule has 7 aromatic carbocycles. The quantitative estimate of drug-likeness (QED) is 0.203. The fourth-order valence-corrected chi connectivity index (χ4v) is 8.33. The van der Waals surface area contributed by atoms with Crippen molar-refractivity contribution >= 4 is 55.8 Å². The van der Waals surface area contributed by atoms with Crippen LogP contribution >= 0.6 is 23.5 Å². The number of methoxy groups -OCH3 is 1. The summed E-state index contributed by atoms with van der Waals surface area (Å²) in [7, 11) is 1.77. The highest BCUT2D eigenvalue weighted by atomic mass is 32.2. The van der Waals surface area contributed by atoms with Crippen LogP contribution in [-0.4, -0.2) is 7.11 Å². The van der Waals surface area contributed by atoms with Gasteiger partial charge in [0, 0.05) is 30.7 Å². The smallest absolute Gasteiger partial charge is 0.127 e. The number of fused-ring (bicyclic) bond motifs is 8. The van der Waals surface area contributed by atoms with Crippen LogP contribution < -0.4 is 4.74 Å². The second-order valence-corrected chi connectivity index (χ2v) is 12.2. The first-order chi connectivity index (χ1) is 19.8. The zero-order valence-corrected chi connectivity index (χ0v) is 23.5. The number of benzene rings is 7. The lowest BCUT2D eigenvalue weighted by atomic mass is 9.91. The Morgan fingerprint density at radius 2 is 0.975 bits per heavy atom. The van der Waals surface area contributed by atoms with Gasteiger partial charge in [0.15, 0.2) is 0 Å². The Hall–Kier alpha value is -4.18. The molecule has 0 saturated heterocycles. The van der Waals surface area contributed by atoms with Crippen molar-refractivity contribution in [3.8, 4) is 28.0 Å². The van der Waals surface area contributed by atoms with Gasteiger partial charge in [-0.3, -0.25) is 0 Å². The third-order valence-corrected chi connectivity index (χ3v) is 10.4. The molecule has 0 fully saturated rings. The maximum Gasteiger partial charge on any atom is 0.127 e. The molecule has 7 aromatic rings. The van der Waals surface area contributed by atoms with E-state index in [4.69, 9.17) is 4.74 Å². The Labute approximate surface area is 241 Å². The Morgan fingerprint density at radius 3 is 1.68 bits per heavy atom. The van der Waals surface area contributed by atoms with Crippen LogP contribution in [0.2, 0.25) is 0 Å². The van der Waals surface area contributed by atoms with Gasteiger partial charge in [-0.2, -0.15) is 0 Å². The molecule has 0 spiro atoms. The second kappa shape index (κ2) is 9.48. The van der Waals surface area contributed by atoms with Gasteiger partial charge in [0.25, 0.3) is 0 Å². The molecule has 1 heterocycles. The van der Waals surface area contributed by atoms with Gasteiger partial charge >= 0.3 is 0 Å². The highest BCUT2D eigenvalue weighted by Crippen LogP contribution is 2.52. The van der Waals surface area contributed by atoms with Crippen LogP contribution in [0.4, 0.5) is 0 Å². The first-order valence-corrected chi connectivity index (χ1v) is 15.0. The van der Waals surface area contributed by atoms with Crippen molar-refractivity contribution in [1.29, 1.82) is 0 Å². The maximum absolute atomic E-state index is 6.02. The molecule has 0 bridgehead atoms. The van der Waals surface area contributed by atoms with Crippen molar-refractivity contribution in [2.24, 2.45) is 0 Å². The van der Waals surface area contributed by atoms with E-state index in [1.807, 2.05) is 23.5 Å². The maximum atomic E-state index is 6.02. The molecule has 1 aliphatic heterocycles. The lowest BCUT2D eigenvalue weighted by Crippen LogP contribution is -1.95. The van der Waals surface area contributed by atoms with Crippen molar-refractivity contribution in [3.63, 3.8) is 0 Å². The normalized spacial score (nSPS) is 12.4. The van der Waals surface area contributed by atoms with Gasteiger partial charge in [0.05, 0.1) is 7.11 Å². The molecule has 0 aromatic heterocycles. The van der Waals surface area contributed by atoms with E-state index in [1.165, 1.54) is 63.0 Å². The Bertz CT molecular complexity index is 2080. The number of ether oxygens (including phenoxy) is 1. The van der Waals surface area contributed by atoms with Gasteiger partial charge in [-0.05, 0) is 79.8 Å². The van der Waals surface area contributed by atoms with Gasteiger partial charge in [0.2, 0.25) is 0 Å². The average molecular weight is 549 g/mol. The van der Waals surface area contributed by atoms with E-state index in [1.54, 1.807) is 7.11 Å². The lowest BCUT2D eigenvalue weighted by molar-refractivity contribution is 0.416. The molecule has 0 amide bonds. The van der Waals surface area contributed by atoms with Crippen molar-refractivity contribution in [2.75, 3.05) is 7.11 Å². The van der Waals surface area contributed by atoms with E-state index in [-0.39, 0.29) is 0 Å². The van der Waals surface area contributed by atoms with Gasteiger partial charge in [0.1, 0.15) is 5.75 Å². The summed E-state index contributed by atoms with van der Waals surface area (Å²) in [6.07, 6.45) is 0. The molecular formula is C37H24OS2. The standard InChI is InChI=1S/C37H24OS2/c1-38-33-22-24(18-20-30(33)31-13-8-16-36-37(31)40-35-15-7-6-14-34(35)39-36)23-17-19-29-27-11-3-2-9-25(27)26-10-4-5-12-28(26)32(29)21-23/h2-22H,1H3. The number of rotatable bonds is 3. The van der Waals surface area contributed by atoms with Crippen LogP contribution in [0.3, 0.4) is 0 Å². The van der Waals surface area contributed by atoms with Gasteiger partial charge in [-0.1, -0.05) is 115 Å². The van der Waals surface area contributed by atoms with Crippen molar-refractivity contribution < 1.29 is 4.74 Å². The monoisotopic (exact) mass is 548 g/mol. The van der Waals surface area contributed by atoms with Crippen molar-refractivity contribution in [1.82, 2.24) is 0 Å². The molecule has 40 heavy (non-hydrogen) atoms. The summed E-state index contributed by atoms with van der Waals surface area (Å²) in [6, 6.07) is 46.2. The number of hydrogen-bond donors (Lipinski definition) is 0. The van der Waals surface area contributed by atoms with Crippen molar-refractivity contribution in [3.05, 3.63) is 127 Å². The summed E-state index contributed by atoms with van der Waals surface area (Å²) in [4.78, 5) is 5.21. The minimum absolute atomic E-state index is 0.888. The largest absolute Gasteiger partial charge is 0.496 e. The highest BCUT2D eigenvalue weighted by Gasteiger charge is 2.22. The molecule has 0 radical (unpaired) electrons. The van der Waals surface area contributed by atoms with Crippen LogP contribution in [0.15, 0.2) is 147 Å². The van der Waals surface area contributed by atoms with Crippen LogP contribution in [0.5, 0.6) is 5.75 Å². The minimum atomic E-state index is 0.888. The summed E-state index contributed by atoms with van der Waals surface area (Å²) in [5.41, 5.74) is 4.67. The Morgan fingerprint density at radius 1 is 0.425 bits per heavy atom. The zero-order valence-electron chi connectivity index (χ0n) is 21.8. The molecular weight excluding hydrogens is 525 g/mol.